The molecule has 0 unspecified atom stereocenters. The van der Waals surface area contributed by atoms with Gasteiger partial charge in [-0.2, -0.15) is 0 Å². The number of hydrogen-bond donors (Lipinski definition) is 1. The van der Waals surface area contributed by atoms with Crippen LogP contribution in [0.5, 0.6) is 0 Å². The summed E-state index contributed by atoms with van der Waals surface area (Å²) in [7, 11) is 1.35. The van der Waals surface area contributed by atoms with E-state index < -0.39 is 18.1 Å². The maximum atomic E-state index is 13.5. The molecule has 1 aliphatic heterocycles. The fraction of sp³-hybridized carbons (Fsp3) is 0.154. The number of H-pyrrole nitrogens is 1. The minimum absolute atomic E-state index is 0.164. The van der Waals surface area contributed by atoms with Crippen LogP contribution >= 0.6 is 0 Å². The lowest BCUT2D eigenvalue weighted by atomic mass is 9.93. The number of hydrogen-bond acceptors (Lipinski definition) is 3. The van der Waals surface area contributed by atoms with Crippen molar-refractivity contribution in [3.63, 3.8) is 0 Å². The predicted molar refractivity (Wildman–Crippen MR) is 120 cm³/mol. The second-order valence-corrected chi connectivity index (χ2v) is 7.73. The molecule has 0 radical (unpaired) electrons. The minimum Gasteiger partial charge on any atom is -0.467 e. The molecule has 5 nitrogen and oxygen atoms in total. The molecular formula is C26H22N2O3. The number of nitrogens with one attached hydrogen (secondary N) is 1. The predicted octanol–water partition coefficient (Wildman–Crippen LogP) is 4.94. The van der Waals surface area contributed by atoms with Gasteiger partial charge in [-0.15, -0.1) is 0 Å². The second kappa shape index (κ2) is 7.43. The van der Waals surface area contributed by atoms with Crippen molar-refractivity contribution in [1.82, 2.24) is 9.88 Å². The second-order valence-electron chi connectivity index (χ2n) is 7.73. The van der Waals surface area contributed by atoms with E-state index in [9.17, 15) is 9.59 Å². The summed E-state index contributed by atoms with van der Waals surface area (Å²) in [6.07, 6.45) is 0. The summed E-state index contributed by atoms with van der Waals surface area (Å²) in [5.41, 5.74) is 5.45. The summed E-state index contributed by atoms with van der Waals surface area (Å²) in [5, 5.41) is 1.03. The van der Waals surface area contributed by atoms with E-state index in [1.54, 1.807) is 11.8 Å². The molecule has 0 saturated carbocycles. The van der Waals surface area contributed by atoms with Gasteiger partial charge in [0.05, 0.1) is 18.8 Å². The number of carbonyl (C=O) groups is 2. The van der Waals surface area contributed by atoms with Crippen LogP contribution < -0.4 is 0 Å². The molecule has 2 heterocycles. The molecule has 3 aromatic carbocycles. The van der Waals surface area contributed by atoms with Crippen molar-refractivity contribution in [2.24, 2.45) is 0 Å². The van der Waals surface area contributed by atoms with Crippen LogP contribution in [-0.4, -0.2) is 34.9 Å². The highest BCUT2D eigenvalue weighted by molar-refractivity contribution is 6.03. The van der Waals surface area contributed by atoms with Crippen LogP contribution in [0.2, 0.25) is 0 Å². The number of nitrogens with zero attached hydrogens (tertiary/aromatic N) is 1. The number of aromatic amines is 1. The molecule has 5 rings (SSSR count). The number of amides is 1. The van der Waals surface area contributed by atoms with E-state index in [0.29, 0.717) is 5.56 Å². The summed E-state index contributed by atoms with van der Waals surface area (Å²) in [5.74, 6) is -0.602. The third-order valence-corrected chi connectivity index (χ3v) is 6.04. The first-order valence-corrected chi connectivity index (χ1v) is 10.3. The van der Waals surface area contributed by atoms with Crippen LogP contribution in [0.1, 0.15) is 34.5 Å². The third kappa shape index (κ3) is 2.93. The van der Waals surface area contributed by atoms with E-state index in [4.69, 9.17) is 4.74 Å². The summed E-state index contributed by atoms with van der Waals surface area (Å²) >= 11 is 0. The molecule has 0 fully saturated rings. The highest BCUT2D eigenvalue weighted by Crippen LogP contribution is 2.46. The Morgan fingerprint density at radius 3 is 2.42 bits per heavy atom. The third-order valence-electron chi connectivity index (χ3n) is 6.04. The number of benzene rings is 3. The Bertz CT molecular complexity index is 1290. The molecule has 154 valence electrons. The number of methoxy groups -OCH3 is 1. The van der Waals surface area contributed by atoms with Crippen molar-refractivity contribution in [2.45, 2.75) is 19.0 Å². The monoisotopic (exact) mass is 410 g/mol. The molecule has 0 saturated heterocycles. The molecule has 4 aromatic rings. The van der Waals surface area contributed by atoms with Crippen molar-refractivity contribution in [2.75, 3.05) is 7.11 Å². The van der Waals surface area contributed by atoms with Gasteiger partial charge >= 0.3 is 5.97 Å². The first kappa shape index (κ1) is 19.1. The van der Waals surface area contributed by atoms with Crippen molar-refractivity contribution < 1.29 is 14.3 Å². The summed E-state index contributed by atoms with van der Waals surface area (Å²) < 4.78 is 5.00. The number of rotatable bonds is 4. The first-order valence-electron chi connectivity index (χ1n) is 10.3. The van der Waals surface area contributed by atoms with E-state index in [-0.39, 0.29) is 5.91 Å². The van der Waals surface area contributed by atoms with E-state index in [0.717, 1.165) is 33.3 Å². The number of ether oxygens (including phenoxy) is 1. The van der Waals surface area contributed by atoms with Crippen LogP contribution in [-0.2, 0) is 9.53 Å². The van der Waals surface area contributed by atoms with Crippen LogP contribution in [0.25, 0.3) is 22.2 Å². The summed E-state index contributed by atoms with van der Waals surface area (Å²) in [4.78, 5) is 31.2. The van der Waals surface area contributed by atoms with Crippen molar-refractivity contribution >= 4 is 22.8 Å². The number of carbonyl (C=O) groups excluding carboxylic acids is 2. The first-order chi connectivity index (χ1) is 15.1. The van der Waals surface area contributed by atoms with Gasteiger partial charge in [0.1, 0.15) is 6.04 Å². The Hall–Kier alpha value is -3.86. The molecule has 2 atom stereocenters. The van der Waals surface area contributed by atoms with Gasteiger partial charge in [-0.3, -0.25) is 4.79 Å². The summed E-state index contributed by atoms with van der Waals surface area (Å²) in [6, 6.07) is 24.6. The minimum atomic E-state index is -0.729. The van der Waals surface area contributed by atoms with E-state index in [1.807, 2.05) is 72.8 Å². The number of fused-ring (bicyclic) bond motifs is 2. The quantitative estimate of drug-likeness (QED) is 0.485. The molecule has 1 aliphatic rings. The van der Waals surface area contributed by atoms with Crippen LogP contribution in [0, 0.1) is 0 Å². The topological polar surface area (TPSA) is 62.4 Å². The number of aromatic nitrogens is 1. The van der Waals surface area contributed by atoms with Gasteiger partial charge in [-0.1, -0.05) is 66.7 Å². The number of para-hydroxylation sites is 1. The maximum Gasteiger partial charge on any atom is 0.328 e. The molecule has 1 aromatic heterocycles. The largest absolute Gasteiger partial charge is 0.467 e. The van der Waals surface area contributed by atoms with Crippen LogP contribution in [0.3, 0.4) is 0 Å². The van der Waals surface area contributed by atoms with Crippen molar-refractivity contribution in [3.8, 4) is 11.3 Å². The lowest BCUT2D eigenvalue weighted by Crippen LogP contribution is -2.42. The summed E-state index contributed by atoms with van der Waals surface area (Å²) in [6.45, 7) is 1.72. The van der Waals surface area contributed by atoms with Gasteiger partial charge in [-0.05, 0) is 30.2 Å². The molecule has 0 aliphatic carbocycles. The normalized spacial score (nSPS) is 16.4. The molecule has 31 heavy (non-hydrogen) atoms. The van der Waals surface area contributed by atoms with Gasteiger partial charge in [0.2, 0.25) is 0 Å². The van der Waals surface area contributed by atoms with Gasteiger partial charge in [0.25, 0.3) is 5.91 Å². The van der Waals surface area contributed by atoms with E-state index >= 15 is 0 Å². The average Bonchev–Trinajstić information content (AvgIpc) is 3.34. The van der Waals surface area contributed by atoms with Crippen LogP contribution in [0.4, 0.5) is 0 Å². The highest BCUT2D eigenvalue weighted by atomic mass is 16.5. The molecule has 1 amide bonds. The average molecular weight is 410 g/mol. The molecule has 5 heteroatoms. The van der Waals surface area contributed by atoms with E-state index in [2.05, 4.69) is 11.1 Å². The Morgan fingerprint density at radius 1 is 0.968 bits per heavy atom. The van der Waals surface area contributed by atoms with Gasteiger partial charge < -0.3 is 14.6 Å². The fourth-order valence-electron chi connectivity index (χ4n) is 4.59. The zero-order valence-corrected chi connectivity index (χ0v) is 17.3. The lowest BCUT2D eigenvalue weighted by Gasteiger charge is -2.30. The van der Waals surface area contributed by atoms with Crippen LogP contribution in [0.15, 0.2) is 78.9 Å². The number of esters is 1. The van der Waals surface area contributed by atoms with Gasteiger partial charge in [0, 0.05) is 22.0 Å². The van der Waals surface area contributed by atoms with Crippen molar-refractivity contribution in [1.29, 1.82) is 0 Å². The molecular weight excluding hydrogens is 388 g/mol. The van der Waals surface area contributed by atoms with E-state index in [1.165, 1.54) is 7.11 Å². The fourth-order valence-corrected chi connectivity index (χ4v) is 4.59. The standard InChI is InChI=1S/C26H22N2O3/c1-16(26(30)31-2)28-24(18-12-6-7-13-19(18)25(28)29)22-20-14-8-9-15-21(20)27-23(22)17-10-4-3-5-11-17/h3-16,24,27H,1-2H3/t16-,24-/m0/s1. The Labute approximate surface area is 180 Å². The SMILES string of the molecule is COC(=O)[C@H](C)N1C(=O)c2ccccc2[C@H]1c1c(-c2ccccc2)[nH]c2ccccc12. The zero-order valence-electron chi connectivity index (χ0n) is 17.3. The maximum absolute atomic E-state index is 13.5. The van der Waals surface area contributed by atoms with Crippen molar-refractivity contribution in [3.05, 3.63) is 95.6 Å². The Balaban J connectivity index is 1.81. The molecule has 0 spiro atoms. The Kier molecular flexibility index (Phi) is 4.59. The Morgan fingerprint density at radius 2 is 1.65 bits per heavy atom. The van der Waals surface area contributed by atoms with Gasteiger partial charge in [-0.25, -0.2) is 4.79 Å². The smallest absolute Gasteiger partial charge is 0.328 e. The highest BCUT2D eigenvalue weighted by Gasteiger charge is 2.44. The molecule has 1 N–H and O–H groups in total. The van der Waals surface area contributed by atoms with Gasteiger partial charge in [0.15, 0.2) is 0 Å². The lowest BCUT2D eigenvalue weighted by molar-refractivity contribution is -0.145. The molecule has 0 bridgehead atoms. The zero-order chi connectivity index (χ0) is 21.5.